The van der Waals surface area contributed by atoms with E-state index in [4.69, 9.17) is 21.1 Å². The summed E-state index contributed by atoms with van der Waals surface area (Å²) in [5, 5.41) is 0.325. The number of benzene rings is 1. The van der Waals surface area contributed by atoms with Gasteiger partial charge in [-0.25, -0.2) is 0 Å². The Morgan fingerprint density at radius 2 is 2.08 bits per heavy atom. The number of likely N-dealkylation sites (tertiary alicyclic amines) is 1. The summed E-state index contributed by atoms with van der Waals surface area (Å²) in [7, 11) is 4.90. The van der Waals surface area contributed by atoms with Gasteiger partial charge in [-0.15, -0.1) is 0 Å². The van der Waals surface area contributed by atoms with Crippen molar-refractivity contribution in [2.24, 2.45) is 0 Å². The topological polar surface area (TPSA) is 59.1 Å². The molecular weight excluding hydrogens is 344 g/mol. The second-order valence-corrected chi connectivity index (χ2v) is 6.63. The molecule has 2 rings (SSSR count). The highest BCUT2D eigenvalue weighted by molar-refractivity contribution is 6.32. The molecule has 1 aromatic carbocycles. The largest absolute Gasteiger partial charge is 0.493 e. The number of likely N-dealkylation sites (N-methyl/N-ethyl adjacent to an activating group) is 1. The first-order valence-electron chi connectivity index (χ1n) is 8.43. The van der Waals surface area contributed by atoms with E-state index in [2.05, 4.69) is 0 Å². The lowest BCUT2D eigenvalue weighted by Crippen LogP contribution is -2.45. The van der Waals surface area contributed by atoms with E-state index in [0.717, 1.165) is 12.8 Å². The number of hydrogen-bond donors (Lipinski definition) is 0. The molecule has 1 aliphatic rings. The van der Waals surface area contributed by atoms with E-state index in [-0.39, 0.29) is 11.8 Å². The molecule has 0 radical (unpaired) electrons. The van der Waals surface area contributed by atoms with Gasteiger partial charge in [0.1, 0.15) is 6.04 Å². The lowest BCUT2D eigenvalue weighted by Gasteiger charge is -2.26. The van der Waals surface area contributed by atoms with Crippen LogP contribution in [0, 0.1) is 0 Å². The number of halogens is 1. The lowest BCUT2D eigenvalue weighted by atomic mass is 10.1. The van der Waals surface area contributed by atoms with Gasteiger partial charge in [0.05, 0.1) is 18.7 Å². The third kappa shape index (κ3) is 4.18. The van der Waals surface area contributed by atoms with Crippen LogP contribution < -0.4 is 9.47 Å². The van der Waals surface area contributed by atoms with Crippen LogP contribution in [0.3, 0.4) is 0 Å². The predicted octanol–water partition coefficient (Wildman–Crippen LogP) is 2.83. The van der Waals surface area contributed by atoms with Crippen LogP contribution in [0.2, 0.25) is 5.02 Å². The standard InChI is InChI=1S/C18H25ClN2O4/c1-5-9-25-16-13(19)10-12(11-15(16)24-4)17(22)21-8-6-7-14(21)18(23)20(2)3/h10-11,14H,5-9H2,1-4H3. The first-order valence-corrected chi connectivity index (χ1v) is 8.81. The van der Waals surface area contributed by atoms with Crippen molar-refractivity contribution in [2.45, 2.75) is 32.2 Å². The fourth-order valence-corrected chi connectivity index (χ4v) is 3.18. The molecule has 1 fully saturated rings. The summed E-state index contributed by atoms with van der Waals surface area (Å²) in [6.45, 7) is 3.06. The van der Waals surface area contributed by atoms with Gasteiger partial charge >= 0.3 is 0 Å². The summed E-state index contributed by atoms with van der Waals surface area (Å²) in [4.78, 5) is 28.4. The Morgan fingerprint density at radius 3 is 2.68 bits per heavy atom. The van der Waals surface area contributed by atoms with Gasteiger partial charge in [0.15, 0.2) is 11.5 Å². The van der Waals surface area contributed by atoms with Crippen LogP contribution in [0.1, 0.15) is 36.5 Å². The molecule has 1 unspecified atom stereocenters. The monoisotopic (exact) mass is 368 g/mol. The Labute approximate surface area is 153 Å². The first kappa shape index (κ1) is 19.4. The van der Waals surface area contributed by atoms with Gasteiger partial charge in [-0.1, -0.05) is 18.5 Å². The highest BCUT2D eigenvalue weighted by Crippen LogP contribution is 2.37. The van der Waals surface area contributed by atoms with Gasteiger partial charge in [0.2, 0.25) is 5.91 Å². The van der Waals surface area contributed by atoms with Crippen LogP contribution in [0.4, 0.5) is 0 Å². The second kappa shape index (κ2) is 8.43. The van der Waals surface area contributed by atoms with Crippen molar-refractivity contribution < 1.29 is 19.1 Å². The number of hydrogen-bond acceptors (Lipinski definition) is 4. The third-order valence-corrected chi connectivity index (χ3v) is 4.45. The molecule has 7 heteroatoms. The predicted molar refractivity (Wildman–Crippen MR) is 96.5 cm³/mol. The summed E-state index contributed by atoms with van der Waals surface area (Å²) >= 11 is 6.30. The molecule has 0 saturated carbocycles. The zero-order chi connectivity index (χ0) is 18.6. The molecule has 25 heavy (non-hydrogen) atoms. The fraction of sp³-hybridized carbons (Fsp3) is 0.556. The normalized spacial score (nSPS) is 16.7. The maximum Gasteiger partial charge on any atom is 0.254 e. The lowest BCUT2D eigenvalue weighted by molar-refractivity contribution is -0.132. The number of methoxy groups -OCH3 is 1. The quantitative estimate of drug-likeness (QED) is 0.774. The van der Waals surface area contributed by atoms with E-state index in [1.165, 1.54) is 12.0 Å². The zero-order valence-corrected chi connectivity index (χ0v) is 15.9. The van der Waals surface area contributed by atoms with Gasteiger partial charge in [-0.3, -0.25) is 9.59 Å². The minimum atomic E-state index is -0.428. The molecule has 0 N–H and O–H groups in total. The number of rotatable bonds is 6. The average molecular weight is 369 g/mol. The summed E-state index contributed by atoms with van der Waals surface area (Å²) in [5.74, 6) is 0.565. The first-order chi connectivity index (χ1) is 11.9. The van der Waals surface area contributed by atoms with Crippen molar-refractivity contribution in [2.75, 3.05) is 34.4 Å². The average Bonchev–Trinajstić information content (AvgIpc) is 3.08. The maximum atomic E-state index is 12.9. The van der Waals surface area contributed by atoms with Crippen molar-refractivity contribution >= 4 is 23.4 Å². The maximum absolute atomic E-state index is 12.9. The van der Waals surface area contributed by atoms with E-state index in [1.807, 2.05) is 6.92 Å². The molecule has 1 aromatic rings. The molecule has 0 aliphatic carbocycles. The van der Waals surface area contributed by atoms with Crippen molar-refractivity contribution in [3.05, 3.63) is 22.7 Å². The molecule has 0 bridgehead atoms. The zero-order valence-electron chi connectivity index (χ0n) is 15.2. The van der Waals surface area contributed by atoms with E-state index >= 15 is 0 Å². The fourth-order valence-electron chi connectivity index (χ4n) is 2.92. The Balaban J connectivity index is 2.29. The number of carbonyl (C=O) groups excluding carboxylic acids is 2. The van der Waals surface area contributed by atoms with Gasteiger partial charge < -0.3 is 19.3 Å². The molecule has 1 atom stereocenters. The smallest absolute Gasteiger partial charge is 0.254 e. The second-order valence-electron chi connectivity index (χ2n) is 6.23. The van der Waals surface area contributed by atoms with Crippen molar-refractivity contribution in [1.82, 2.24) is 9.80 Å². The molecule has 2 amide bonds. The highest BCUT2D eigenvalue weighted by Gasteiger charge is 2.35. The van der Waals surface area contributed by atoms with E-state index in [1.54, 1.807) is 31.1 Å². The number of amides is 2. The van der Waals surface area contributed by atoms with Crippen molar-refractivity contribution in [3.63, 3.8) is 0 Å². The molecule has 1 heterocycles. The Morgan fingerprint density at radius 1 is 1.36 bits per heavy atom. The summed E-state index contributed by atoms with van der Waals surface area (Å²) < 4.78 is 11.0. The SMILES string of the molecule is CCCOc1c(Cl)cc(C(=O)N2CCCC2C(=O)N(C)C)cc1OC. The summed E-state index contributed by atoms with van der Waals surface area (Å²) in [6, 6.07) is 2.77. The molecule has 138 valence electrons. The van der Waals surface area contributed by atoms with E-state index < -0.39 is 6.04 Å². The van der Waals surface area contributed by atoms with Gasteiger partial charge in [0.25, 0.3) is 5.91 Å². The minimum absolute atomic E-state index is 0.0631. The van der Waals surface area contributed by atoms with E-state index in [0.29, 0.717) is 41.7 Å². The molecule has 1 aliphatic heterocycles. The molecule has 1 saturated heterocycles. The summed E-state index contributed by atoms with van der Waals surface area (Å²) in [6.07, 6.45) is 2.31. The van der Waals surface area contributed by atoms with E-state index in [9.17, 15) is 9.59 Å². The number of carbonyl (C=O) groups is 2. The minimum Gasteiger partial charge on any atom is -0.493 e. The van der Waals surface area contributed by atoms with Gasteiger partial charge in [0, 0.05) is 26.2 Å². The summed E-state index contributed by atoms with van der Waals surface area (Å²) in [5.41, 5.74) is 0.393. The number of nitrogens with zero attached hydrogens (tertiary/aromatic N) is 2. The van der Waals surface area contributed by atoms with Crippen LogP contribution in [0.15, 0.2) is 12.1 Å². The van der Waals surface area contributed by atoms with Crippen molar-refractivity contribution in [1.29, 1.82) is 0 Å². The highest BCUT2D eigenvalue weighted by atomic mass is 35.5. The van der Waals surface area contributed by atoms with Crippen molar-refractivity contribution in [3.8, 4) is 11.5 Å². The molecule has 0 aromatic heterocycles. The van der Waals surface area contributed by atoms with Crippen LogP contribution in [0.5, 0.6) is 11.5 Å². The van der Waals surface area contributed by atoms with Gasteiger partial charge in [-0.2, -0.15) is 0 Å². The molecule has 6 nitrogen and oxygen atoms in total. The van der Waals surface area contributed by atoms with Gasteiger partial charge in [-0.05, 0) is 31.4 Å². The van der Waals surface area contributed by atoms with Crippen LogP contribution in [-0.2, 0) is 4.79 Å². The Hall–Kier alpha value is -1.95. The Kier molecular flexibility index (Phi) is 6.53. The molecular formula is C18H25ClN2O4. The van der Waals surface area contributed by atoms with Crippen LogP contribution >= 0.6 is 11.6 Å². The molecule has 0 spiro atoms. The van der Waals surface area contributed by atoms with Crippen LogP contribution in [-0.4, -0.2) is 62.0 Å². The number of ether oxygens (including phenoxy) is 2. The van der Waals surface area contributed by atoms with Crippen LogP contribution in [0.25, 0.3) is 0 Å². The Bertz CT molecular complexity index is 648. The third-order valence-electron chi connectivity index (χ3n) is 4.17.